The normalized spacial score (nSPS) is 12.7. The number of hydrogen-bond acceptors (Lipinski definition) is 3. The Kier molecular flexibility index (Phi) is 4.54. The zero-order chi connectivity index (χ0) is 17.2. The van der Waals surface area contributed by atoms with Crippen LogP contribution in [0, 0.1) is 6.92 Å². The van der Waals surface area contributed by atoms with E-state index < -0.39 is 17.9 Å². The second kappa shape index (κ2) is 6.24. The number of rotatable bonds is 4. The second-order valence-corrected chi connectivity index (χ2v) is 6.47. The van der Waals surface area contributed by atoms with E-state index in [1.165, 1.54) is 0 Å². The molecule has 0 fully saturated rings. The van der Waals surface area contributed by atoms with Gasteiger partial charge in [-0.1, -0.05) is 30.3 Å². The largest absolute Gasteiger partial charge is 0.368 e. The molecule has 6 heteroatoms. The monoisotopic (exact) mass is 314 g/mol. The Morgan fingerprint density at radius 2 is 1.83 bits per heavy atom. The molecule has 0 bridgehead atoms. The Morgan fingerprint density at radius 1 is 1.22 bits per heavy atom. The van der Waals surface area contributed by atoms with Gasteiger partial charge in [0.15, 0.2) is 0 Å². The van der Waals surface area contributed by atoms with Gasteiger partial charge in [0.1, 0.15) is 11.7 Å². The zero-order valence-electron chi connectivity index (χ0n) is 13.8. The van der Waals surface area contributed by atoms with Crippen LogP contribution in [0.1, 0.15) is 48.6 Å². The Bertz CT molecular complexity index is 714. The van der Waals surface area contributed by atoms with Crippen molar-refractivity contribution in [3.63, 3.8) is 0 Å². The molecule has 1 aromatic heterocycles. The third-order valence-corrected chi connectivity index (χ3v) is 3.45. The summed E-state index contributed by atoms with van der Waals surface area (Å²) in [5, 5.41) is 6.99. The molecular formula is C17H22N4O2. The molecule has 122 valence electrons. The molecule has 0 radical (unpaired) electrons. The van der Waals surface area contributed by atoms with Crippen LogP contribution >= 0.6 is 0 Å². The van der Waals surface area contributed by atoms with Crippen LogP contribution in [0.5, 0.6) is 0 Å². The molecule has 2 amide bonds. The summed E-state index contributed by atoms with van der Waals surface area (Å²) in [5.74, 6) is -1.04. The van der Waals surface area contributed by atoms with Gasteiger partial charge in [-0.25, -0.2) is 0 Å². The average Bonchev–Trinajstić information content (AvgIpc) is 2.87. The predicted molar refractivity (Wildman–Crippen MR) is 87.8 cm³/mol. The minimum absolute atomic E-state index is 0.231. The van der Waals surface area contributed by atoms with Gasteiger partial charge in [0.2, 0.25) is 5.91 Å². The summed E-state index contributed by atoms with van der Waals surface area (Å²) in [6, 6.07) is 9.71. The molecule has 3 N–H and O–H groups in total. The quantitative estimate of drug-likeness (QED) is 0.903. The van der Waals surface area contributed by atoms with Crippen LogP contribution in [0.15, 0.2) is 36.4 Å². The van der Waals surface area contributed by atoms with Crippen LogP contribution < -0.4 is 11.1 Å². The number of aryl methyl sites for hydroxylation is 1. The lowest BCUT2D eigenvalue weighted by Gasteiger charge is -2.21. The van der Waals surface area contributed by atoms with E-state index in [-0.39, 0.29) is 11.2 Å². The molecule has 1 heterocycles. The minimum Gasteiger partial charge on any atom is -0.368 e. The number of aromatic nitrogens is 2. The van der Waals surface area contributed by atoms with Gasteiger partial charge < -0.3 is 11.1 Å². The highest BCUT2D eigenvalue weighted by Crippen LogP contribution is 2.18. The molecule has 0 saturated carbocycles. The van der Waals surface area contributed by atoms with Crippen molar-refractivity contribution in [3.05, 3.63) is 53.3 Å². The summed E-state index contributed by atoms with van der Waals surface area (Å²) >= 11 is 0. The Labute approximate surface area is 135 Å². The topological polar surface area (TPSA) is 90.0 Å². The maximum atomic E-state index is 12.4. The number of nitrogens with one attached hydrogen (secondary N) is 1. The number of carbonyl (C=O) groups is 2. The average molecular weight is 314 g/mol. The standard InChI is InChI=1S/C17H22N4O2/c1-11-10-13(20-21(11)17(2,3)4)16(23)19-14(15(18)22)12-8-6-5-7-9-12/h5-10,14H,1-4H3,(H2,18,22)(H,19,23). The smallest absolute Gasteiger partial charge is 0.272 e. The first kappa shape index (κ1) is 16.7. The van der Waals surface area contributed by atoms with E-state index in [2.05, 4.69) is 10.4 Å². The lowest BCUT2D eigenvalue weighted by atomic mass is 10.1. The molecule has 0 spiro atoms. The van der Waals surface area contributed by atoms with Crippen molar-refractivity contribution in [3.8, 4) is 0 Å². The van der Waals surface area contributed by atoms with E-state index in [9.17, 15) is 9.59 Å². The molecule has 0 aliphatic heterocycles. The molecule has 2 aromatic rings. The molecule has 23 heavy (non-hydrogen) atoms. The Hall–Kier alpha value is -2.63. The van der Waals surface area contributed by atoms with Gasteiger partial charge in [0.05, 0.1) is 5.54 Å². The van der Waals surface area contributed by atoms with Crippen molar-refractivity contribution in [1.29, 1.82) is 0 Å². The molecule has 1 atom stereocenters. The summed E-state index contributed by atoms with van der Waals surface area (Å²) < 4.78 is 1.78. The van der Waals surface area contributed by atoms with Crippen molar-refractivity contribution < 1.29 is 9.59 Å². The summed E-state index contributed by atoms with van der Waals surface area (Å²) in [6.07, 6.45) is 0. The van der Waals surface area contributed by atoms with Gasteiger partial charge in [0, 0.05) is 5.69 Å². The number of benzene rings is 1. The summed E-state index contributed by atoms with van der Waals surface area (Å²) in [5.41, 5.74) is 6.97. The minimum atomic E-state index is -0.885. The maximum Gasteiger partial charge on any atom is 0.272 e. The van der Waals surface area contributed by atoms with Crippen LogP contribution in [0.2, 0.25) is 0 Å². The number of carbonyl (C=O) groups excluding carboxylic acids is 2. The van der Waals surface area contributed by atoms with Gasteiger partial charge in [0.25, 0.3) is 5.91 Å². The van der Waals surface area contributed by atoms with Crippen molar-refractivity contribution in [1.82, 2.24) is 15.1 Å². The summed E-state index contributed by atoms with van der Waals surface area (Å²) in [4.78, 5) is 24.1. The van der Waals surface area contributed by atoms with E-state index in [0.29, 0.717) is 5.56 Å². The molecule has 6 nitrogen and oxygen atoms in total. The zero-order valence-corrected chi connectivity index (χ0v) is 13.8. The highest BCUT2D eigenvalue weighted by atomic mass is 16.2. The number of hydrogen-bond donors (Lipinski definition) is 2. The van der Waals surface area contributed by atoms with Crippen LogP contribution in [0.4, 0.5) is 0 Å². The van der Waals surface area contributed by atoms with Gasteiger partial charge >= 0.3 is 0 Å². The van der Waals surface area contributed by atoms with E-state index in [4.69, 9.17) is 5.73 Å². The highest BCUT2D eigenvalue weighted by Gasteiger charge is 2.24. The number of nitrogens with zero attached hydrogens (tertiary/aromatic N) is 2. The molecule has 2 rings (SSSR count). The fourth-order valence-corrected chi connectivity index (χ4v) is 2.43. The lowest BCUT2D eigenvalue weighted by molar-refractivity contribution is -0.120. The summed E-state index contributed by atoms with van der Waals surface area (Å²) in [6.45, 7) is 7.90. The number of primary amides is 1. The fraction of sp³-hybridized carbons (Fsp3) is 0.353. The van der Waals surface area contributed by atoms with Crippen LogP contribution in [0.3, 0.4) is 0 Å². The van der Waals surface area contributed by atoms with Gasteiger partial charge in [-0.3, -0.25) is 14.3 Å². The third kappa shape index (κ3) is 3.77. The van der Waals surface area contributed by atoms with E-state index in [1.807, 2.05) is 33.8 Å². The molecule has 1 unspecified atom stereocenters. The van der Waals surface area contributed by atoms with Crippen molar-refractivity contribution >= 4 is 11.8 Å². The van der Waals surface area contributed by atoms with Gasteiger partial charge in [-0.05, 0) is 39.3 Å². The van der Waals surface area contributed by atoms with Crippen molar-refractivity contribution in [2.45, 2.75) is 39.3 Å². The van der Waals surface area contributed by atoms with Crippen molar-refractivity contribution in [2.24, 2.45) is 5.73 Å². The third-order valence-electron chi connectivity index (χ3n) is 3.45. The molecule has 0 aliphatic carbocycles. The van der Waals surface area contributed by atoms with E-state index in [1.54, 1.807) is 35.0 Å². The van der Waals surface area contributed by atoms with E-state index >= 15 is 0 Å². The maximum absolute atomic E-state index is 12.4. The van der Waals surface area contributed by atoms with Crippen LogP contribution in [-0.4, -0.2) is 21.6 Å². The van der Waals surface area contributed by atoms with E-state index in [0.717, 1.165) is 5.69 Å². The Balaban J connectivity index is 2.25. The van der Waals surface area contributed by atoms with Crippen LogP contribution in [0.25, 0.3) is 0 Å². The first-order valence-corrected chi connectivity index (χ1v) is 7.42. The fourth-order valence-electron chi connectivity index (χ4n) is 2.43. The molecular weight excluding hydrogens is 292 g/mol. The number of amides is 2. The lowest BCUT2D eigenvalue weighted by Crippen LogP contribution is -2.37. The SMILES string of the molecule is Cc1cc(C(=O)NC(C(N)=O)c2ccccc2)nn1C(C)(C)C. The molecule has 1 aromatic carbocycles. The molecule has 0 saturated heterocycles. The van der Waals surface area contributed by atoms with Crippen molar-refractivity contribution in [2.75, 3.05) is 0 Å². The first-order chi connectivity index (χ1) is 10.7. The van der Waals surface area contributed by atoms with Crippen LogP contribution in [-0.2, 0) is 10.3 Å². The highest BCUT2D eigenvalue weighted by molar-refractivity contribution is 5.96. The molecule has 0 aliphatic rings. The first-order valence-electron chi connectivity index (χ1n) is 7.42. The summed E-state index contributed by atoms with van der Waals surface area (Å²) in [7, 11) is 0. The number of nitrogens with two attached hydrogens (primary N) is 1. The Morgan fingerprint density at radius 3 is 2.30 bits per heavy atom. The predicted octanol–water partition coefficient (Wildman–Crippen LogP) is 1.90. The second-order valence-electron chi connectivity index (χ2n) is 6.47. The van der Waals surface area contributed by atoms with Gasteiger partial charge in [-0.15, -0.1) is 0 Å². The van der Waals surface area contributed by atoms with Gasteiger partial charge in [-0.2, -0.15) is 5.10 Å².